The quantitative estimate of drug-likeness (QED) is 0.379. The van der Waals surface area contributed by atoms with Crippen molar-refractivity contribution >= 4 is 46.5 Å². The number of fused-ring (bicyclic) bond motifs is 1. The average molecular weight is 442 g/mol. The summed E-state index contributed by atoms with van der Waals surface area (Å²) in [6.45, 7) is 6.05. The monoisotopic (exact) mass is 441 g/mol. The third kappa shape index (κ3) is 5.60. The highest BCUT2D eigenvalue weighted by Gasteiger charge is 2.19. The van der Waals surface area contributed by atoms with Gasteiger partial charge in [-0.2, -0.15) is 4.98 Å². The molecule has 0 radical (unpaired) electrons. The lowest BCUT2D eigenvalue weighted by molar-refractivity contribution is -0.117. The number of carbonyl (C=O) groups excluding carboxylic acids is 3. The van der Waals surface area contributed by atoms with E-state index in [1.807, 2.05) is 19.9 Å². The number of thioether (sulfide) groups is 1. The fourth-order valence-electron chi connectivity index (χ4n) is 2.73. The lowest BCUT2D eigenvalue weighted by Gasteiger charge is -2.08. The summed E-state index contributed by atoms with van der Waals surface area (Å²) in [7, 11) is 0. The fraction of sp³-hybridized carbons (Fsp3) is 0.286. The van der Waals surface area contributed by atoms with Crippen LogP contribution in [0.2, 0.25) is 0 Å². The molecule has 0 aliphatic rings. The van der Waals surface area contributed by atoms with Crippen molar-refractivity contribution in [3.8, 4) is 0 Å². The van der Waals surface area contributed by atoms with Crippen LogP contribution < -0.4 is 16.0 Å². The highest BCUT2D eigenvalue weighted by molar-refractivity contribution is 7.99. The average Bonchev–Trinajstić information content (AvgIpc) is 3.05. The zero-order valence-corrected chi connectivity index (χ0v) is 18.3. The maximum Gasteiger partial charge on any atom is 0.321 e. The van der Waals surface area contributed by atoms with E-state index in [0.717, 1.165) is 23.7 Å². The van der Waals surface area contributed by atoms with Gasteiger partial charge in [0.15, 0.2) is 5.16 Å². The molecule has 3 rings (SSSR count). The molecule has 0 aliphatic heterocycles. The number of carbonyl (C=O) groups is 3. The number of benzene rings is 1. The number of urea groups is 1. The second-order valence-corrected chi connectivity index (χ2v) is 7.67. The predicted octanol–water partition coefficient (Wildman–Crippen LogP) is 3.42. The van der Waals surface area contributed by atoms with E-state index >= 15 is 0 Å². The van der Waals surface area contributed by atoms with Gasteiger partial charge in [0, 0.05) is 17.7 Å². The molecule has 0 aliphatic carbocycles. The second kappa shape index (κ2) is 10.1. The number of imide groups is 1. The van der Waals surface area contributed by atoms with Crippen LogP contribution in [0.5, 0.6) is 0 Å². The van der Waals surface area contributed by atoms with Crippen LogP contribution in [0.1, 0.15) is 35.0 Å². The maximum atomic E-state index is 12.6. The maximum absolute atomic E-state index is 12.6. The van der Waals surface area contributed by atoms with Crippen molar-refractivity contribution in [2.75, 3.05) is 17.6 Å². The van der Waals surface area contributed by atoms with Gasteiger partial charge in [-0.1, -0.05) is 36.9 Å². The number of hydrogen-bond acceptors (Lipinski definition) is 7. The Kier molecular flexibility index (Phi) is 7.24. The Hall–Kier alpha value is -3.40. The van der Waals surface area contributed by atoms with E-state index in [2.05, 4.69) is 25.9 Å². The van der Waals surface area contributed by atoms with Gasteiger partial charge in [-0.15, -0.1) is 0 Å². The summed E-state index contributed by atoms with van der Waals surface area (Å²) in [6, 6.07) is 8.22. The summed E-state index contributed by atoms with van der Waals surface area (Å²) in [5, 5.41) is 8.47. The molecule has 1 aromatic carbocycles. The van der Waals surface area contributed by atoms with Crippen LogP contribution in [0.3, 0.4) is 0 Å². The molecule has 0 atom stereocenters. The minimum absolute atomic E-state index is 0.0736. The van der Waals surface area contributed by atoms with E-state index in [0.29, 0.717) is 34.8 Å². The van der Waals surface area contributed by atoms with E-state index in [1.165, 1.54) is 0 Å². The zero-order chi connectivity index (χ0) is 22.4. The van der Waals surface area contributed by atoms with Crippen molar-refractivity contribution in [3.63, 3.8) is 0 Å². The van der Waals surface area contributed by atoms with Crippen molar-refractivity contribution < 1.29 is 18.8 Å². The SMILES string of the molecule is CCCNC(=O)NC(=O)CSc1nc(NC(=O)c2ccccc2)c2c(C)c(C)oc2n1. The van der Waals surface area contributed by atoms with Crippen molar-refractivity contribution in [2.24, 2.45) is 0 Å². The van der Waals surface area contributed by atoms with Crippen LogP contribution in [0.4, 0.5) is 10.6 Å². The Morgan fingerprint density at radius 2 is 1.84 bits per heavy atom. The number of hydrogen-bond donors (Lipinski definition) is 3. The highest BCUT2D eigenvalue weighted by atomic mass is 32.2. The number of nitrogens with zero attached hydrogens (tertiary/aromatic N) is 2. The molecule has 0 fully saturated rings. The van der Waals surface area contributed by atoms with E-state index in [9.17, 15) is 14.4 Å². The number of anilines is 1. The van der Waals surface area contributed by atoms with Crippen molar-refractivity contribution in [1.82, 2.24) is 20.6 Å². The molecular formula is C21H23N5O4S. The highest BCUT2D eigenvalue weighted by Crippen LogP contribution is 2.31. The Bertz CT molecular complexity index is 1110. The van der Waals surface area contributed by atoms with Crippen molar-refractivity contribution in [1.29, 1.82) is 0 Å². The molecule has 4 amide bonds. The summed E-state index contributed by atoms with van der Waals surface area (Å²) < 4.78 is 5.70. The number of rotatable bonds is 7. The van der Waals surface area contributed by atoms with Crippen molar-refractivity contribution in [2.45, 2.75) is 32.3 Å². The molecule has 2 aromatic heterocycles. The summed E-state index contributed by atoms with van der Waals surface area (Å²) in [5.74, 6) is 0.0865. The molecule has 31 heavy (non-hydrogen) atoms. The van der Waals surface area contributed by atoms with Crippen LogP contribution in [0.25, 0.3) is 11.1 Å². The molecule has 162 valence electrons. The van der Waals surface area contributed by atoms with Gasteiger partial charge < -0.3 is 15.1 Å². The van der Waals surface area contributed by atoms with Gasteiger partial charge in [0.2, 0.25) is 11.6 Å². The molecule has 3 aromatic rings. The normalized spacial score (nSPS) is 10.7. The van der Waals surface area contributed by atoms with Gasteiger partial charge in [0.25, 0.3) is 5.91 Å². The second-order valence-electron chi connectivity index (χ2n) is 6.73. The zero-order valence-electron chi connectivity index (χ0n) is 17.4. The van der Waals surface area contributed by atoms with Crippen LogP contribution in [-0.2, 0) is 4.79 Å². The van der Waals surface area contributed by atoms with E-state index < -0.39 is 11.9 Å². The smallest absolute Gasteiger partial charge is 0.321 e. The number of furan rings is 1. The molecule has 3 N–H and O–H groups in total. The molecule has 0 bridgehead atoms. The third-order valence-corrected chi connectivity index (χ3v) is 5.24. The molecule has 0 unspecified atom stereocenters. The minimum Gasteiger partial charge on any atom is -0.443 e. The van der Waals surface area contributed by atoms with Gasteiger partial charge in [-0.05, 0) is 32.4 Å². The number of aryl methyl sites for hydroxylation is 2. The molecule has 9 nitrogen and oxygen atoms in total. The topological polar surface area (TPSA) is 126 Å². The first-order valence-corrected chi connectivity index (χ1v) is 10.7. The summed E-state index contributed by atoms with van der Waals surface area (Å²) >= 11 is 1.04. The summed E-state index contributed by atoms with van der Waals surface area (Å²) in [6.07, 6.45) is 0.768. The van der Waals surface area contributed by atoms with Gasteiger partial charge in [0.05, 0.1) is 11.1 Å². The first kappa shape index (κ1) is 22.3. The minimum atomic E-state index is -0.545. The molecule has 10 heteroatoms. The first-order valence-electron chi connectivity index (χ1n) is 9.73. The summed E-state index contributed by atoms with van der Waals surface area (Å²) in [5.41, 5.74) is 1.62. The Morgan fingerprint density at radius 1 is 1.10 bits per heavy atom. The van der Waals surface area contributed by atoms with Crippen LogP contribution in [0, 0.1) is 13.8 Å². The predicted molar refractivity (Wildman–Crippen MR) is 118 cm³/mol. The Labute approximate surface area is 183 Å². The number of amides is 4. The standard InChI is InChI=1S/C21H23N5O4S/c1-4-10-22-20(29)23-15(27)11-31-21-25-17(16-12(2)13(3)30-19(16)26-21)24-18(28)14-8-6-5-7-9-14/h5-9H,4,10-11H2,1-3H3,(H2,22,23,27,29)(H,24,25,26,28). The third-order valence-electron chi connectivity index (χ3n) is 4.40. The molecular weight excluding hydrogens is 418 g/mol. The van der Waals surface area contributed by atoms with Crippen LogP contribution in [-0.4, -0.2) is 40.1 Å². The van der Waals surface area contributed by atoms with E-state index in [-0.39, 0.29) is 16.8 Å². The van der Waals surface area contributed by atoms with Gasteiger partial charge in [0.1, 0.15) is 11.6 Å². The fourth-order valence-corrected chi connectivity index (χ4v) is 3.37. The molecule has 0 saturated heterocycles. The number of aromatic nitrogens is 2. The summed E-state index contributed by atoms with van der Waals surface area (Å²) in [4.78, 5) is 45.0. The van der Waals surface area contributed by atoms with Gasteiger partial charge >= 0.3 is 6.03 Å². The van der Waals surface area contributed by atoms with Crippen LogP contribution >= 0.6 is 11.8 Å². The first-order chi connectivity index (χ1) is 14.9. The van der Waals surface area contributed by atoms with Gasteiger partial charge in [-0.25, -0.2) is 9.78 Å². The van der Waals surface area contributed by atoms with E-state index in [4.69, 9.17) is 4.42 Å². The van der Waals surface area contributed by atoms with E-state index in [1.54, 1.807) is 31.2 Å². The Morgan fingerprint density at radius 3 is 2.55 bits per heavy atom. The van der Waals surface area contributed by atoms with Crippen molar-refractivity contribution in [3.05, 3.63) is 47.2 Å². The molecule has 2 heterocycles. The van der Waals surface area contributed by atoms with Gasteiger partial charge in [-0.3, -0.25) is 14.9 Å². The molecule has 0 spiro atoms. The largest absolute Gasteiger partial charge is 0.443 e. The lowest BCUT2D eigenvalue weighted by Crippen LogP contribution is -2.40. The number of nitrogens with one attached hydrogen (secondary N) is 3. The Balaban J connectivity index is 1.79. The lowest BCUT2D eigenvalue weighted by atomic mass is 10.2. The molecule has 0 saturated carbocycles. The van der Waals surface area contributed by atoms with Crippen LogP contribution in [0.15, 0.2) is 39.9 Å².